The molecule has 2 aliphatic carbocycles. The van der Waals surface area contributed by atoms with E-state index in [4.69, 9.17) is 0 Å². The molecule has 4 rings (SSSR count). The molecule has 0 amide bonds. The van der Waals surface area contributed by atoms with E-state index in [2.05, 4.69) is 17.2 Å². The molecule has 0 aliphatic heterocycles. The van der Waals surface area contributed by atoms with Crippen molar-refractivity contribution in [3.05, 3.63) is 30.0 Å². The molecule has 2 fully saturated rings. The zero-order valence-corrected chi connectivity index (χ0v) is 11.3. The molecule has 19 heavy (non-hydrogen) atoms. The van der Waals surface area contributed by atoms with Gasteiger partial charge in [0, 0.05) is 18.9 Å². The van der Waals surface area contributed by atoms with Crippen LogP contribution in [0.4, 0.5) is 0 Å². The molecule has 3 unspecified atom stereocenters. The summed E-state index contributed by atoms with van der Waals surface area (Å²) in [5.74, 6) is 2.37. The maximum absolute atomic E-state index is 10.5. The first-order valence-corrected chi connectivity index (χ1v) is 7.31. The van der Waals surface area contributed by atoms with Gasteiger partial charge in [-0.1, -0.05) is 18.2 Å². The molecule has 0 spiro atoms. The molecule has 2 aliphatic rings. The van der Waals surface area contributed by atoms with Crippen LogP contribution in [0.25, 0.3) is 10.9 Å². The van der Waals surface area contributed by atoms with Gasteiger partial charge in [0.05, 0.1) is 17.3 Å². The van der Waals surface area contributed by atoms with E-state index in [0.29, 0.717) is 12.3 Å². The van der Waals surface area contributed by atoms with Crippen LogP contribution in [-0.2, 0) is 13.5 Å². The van der Waals surface area contributed by atoms with Crippen molar-refractivity contribution in [3.63, 3.8) is 0 Å². The summed E-state index contributed by atoms with van der Waals surface area (Å²) in [6, 6.07) is 8.28. The van der Waals surface area contributed by atoms with E-state index in [1.54, 1.807) is 0 Å². The predicted octanol–water partition coefficient (Wildman–Crippen LogP) is 2.52. The van der Waals surface area contributed by atoms with Crippen molar-refractivity contribution in [2.75, 3.05) is 0 Å². The molecule has 0 radical (unpaired) electrons. The Bertz CT molecular complexity index is 608. The highest BCUT2D eigenvalue weighted by atomic mass is 16.3. The highest BCUT2D eigenvalue weighted by Crippen LogP contribution is 2.55. The van der Waals surface area contributed by atoms with Crippen LogP contribution in [0.3, 0.4) is 0 Å². The third-order valence-corrected chi connectivity index (χ3v) is 5.06. The average molecular weight is 256 g/mol. The van der Waals surface area contributed by atoms with E-state index < -0.39 is 0 Å². The van der Waals surface area contributed by atoms with Crippen LogP contribution in [0, 0.1) is 17.8 Å². The molecule has 1 aromatic carbocycles. The number of aliphatic hydroxyl groups excluding tert-OH is 1. The van der Waals surface area contributed by atoms with Crippen LogP contribution in [0.1, 0.15) is 25.0 Å². The number of rotatable bonds is 3. The topological polar surface area (TPSA) is 38.0 Å². The normalized spacial score (nSPS) is 30.5. The van der Waals surface area contributed by atoms with Gasteiger partial charge in [0.2, 0.25) is 0 Å². The lowest BCUT2D eigenvalue weighted by atomic mass is 9.93. The lowest BCUT2D eigenvalue weighted by Gasteiger charge is -2.18. The summed E-state index contributed by atoms with van der Waals surface area (Å²) < 4.78 is 1.92. The summed E-state index contributed by atoms with van der Waals surface area (Å²) in [5, 5.41) is 16.2. The molecule has 1 N–H and O–H groups in total. The van der Waals surface area contributed by atoms with E-state index in [-0.39, 0.29) is 6.10 Å². The number of hydrogen-bond donors (Lipinski definition) is 1. The summed E-state index contributed by atoms with van der Waals surface area (Å²) in [4.78, 5) is 0. The van der Waals surface area contributed by atoms with Crippen molar-refractivity contribution < 1.29 is 5.11 Å². The van der Waals surface area contributed by atoms with Gasteiger partial charge in [-0.3, -0.25) is 4.68 Å². The van der Waals surface area contributed by atoms with E-state index in [1.807, 2.05) is 23.9 Å². The lowest BCUT2D eigenvalue weighted by molar-refractivity contribution is 0.103. The Kier molecular flexibility index (Phi) is 2.46. The minimum Gasteiger partial charge on any atom is -0.392 e. The number of benzene rings is 1. The quantitative estimate of drug-likeness (QED) is 0.916. The van der Waals surface area contributed by atoms with E-state index in [1.165, 1.54) is 24.6 Å². The summed E-state index contributed by atoms with van der Waals surface area (Å²) in [6.45, 7) is 0. The molecule has 2 saturated carbocycles. The van der Waals surface area contributed by atoms with Gasteiger partial charge in [-0.05, 0) is 43.1 Å². The van der Waals surface area contributed by atoms with Gasteiger partial charge in [0.1, 0.15) is 0 Å². The smallest absolute Gasteiger partial charge is 0.0729 e. The molecule has 3 nitrogen and oxygen atoms in total. The SMILES string of the molecule is Cn1nc(CC(O)C2CC3CC3C2)c2ccccc21. The largest absolute Gasteiger partial charge is 0.392 e. The molecule has 0 bridgehead atoms. The maximum Gasteiger partial charge on any atom is 0.0729 e. The van der Waals surface area contributed by atoms with E-state index >= 15 is 0 Å². The van der Waals surface area contributed by atoms with Crippen LogP contribution >= 0.6 is 0 Å². The van der Waals surface area contributed by atoms with Crippen LogP contribution in [0.2, 0.25) is 0 Å². The zero-order valence-electron chi connectivity index (χ0n) is 11.3. The van der Waals surface area contributed by atoms with Gasteiger partial charge in [0.25, 0.3) is 0 Å². The van der Waals surface area contributed by atoms with Gasteiger partial charge < -0.3 is 5.11 Å². The first-order valence-electron chi connectivity index (χ1n) is 7.31. The van der Waals surface area contributed by atoms with Crippen molar-refractivity contribution >= 4 is 10.9 Å². The highest BCUT2D eigenvalue weighted by Gasteiger charge is 2.47. The van der Waals surface area contributed by atoms with Gasteiger partial charge >= 0.3 is 0 Å². The van der Waals surface area contributed by atoms with Crippen LogP contribution in [-0.4, -0.2) is 21.0 Å². The minimum absolute atomic E-state index is 0.217. The molecule has 100 valence electrons. The summed E-state index contributed by atoms with van der Waals surface area (Å²) in [6.07, 6.45) is 4.36. The molecule has 1 heterocycles. The Morgan fingerprint density at radius 2 is 2.00 bits per heavy atom. The molecule has 1 aromatic heterocycles. The molecule has 3 atom stereocenters. The van der Waals surface area contributed by atoms with E-state index in [9.17, 15) is 5.11 Å². The molecular formula is C16H20N2O. The second-order valence-electron chi connectivity index (χ2n) is 6.35. The Morgan fingerprint density at radius 1 is 1.26 bits per heavy atom. The Morgan fingerprint density at radius 3 is 2.79 bits per heavy atom. The van der Waals surface area contributed by atoms with Crippen molar-refractivity contribution in [2.24, 2.45) is 24.8 Å². The van der Waals surface area contributed by atoms with Gasteiger partial charge in [-0.25, -0.2) is 0 Å². The standard InChI is InChI=1S/C16H20N2O/c1-18-15-5-3-2-4-13(15)14(17-18)9-16(19)12-7-10-6-11(10)8-12/h2-5,10-12,16,19H,6-9H2,1H3. The number of hydrogen-bond acceptors (Lipinski definition) is 2. The van der Waals surface area contributed by atoms with Crippen molar-refractivity contribution in [2.45, 2.75) is 31.8 Å². The minimum atomic E-state index is -0.217. The third kappa shape index (κ3) is 1.88. The van der Waals surface area contributed by atoms with Gasteiger partial charge in [-0.15, -0.1) is 0 Å². The summed E-state index contributed by atoms with van der Waals surface area (Å²) >= 11 is 0. The fraction of sp³-hybridized carbons (Fsp3) is 0.562. The van der Waals surface area contributed by atoms with Gasteiger partial charge in [-0.2, -0.15) is 5.10 Å². The fourth-order valence-electron chi connectivity index (χ4n) is 3.88. The summed E-state index contributed by atoms with van der Waals surface area (Å²) in [5.41, 5.74) is 2.20. The van der Waals surface area contributed by atoms with Crippen molar-refractivity contribution in [1.29, 1.82) is 0 Å². The van der Waals surface area contributed by atoms with Crippen LogP contribution < -0.4 is 0 Å². The number of aromatic nitrogens is 2. The zero-order chi connectivity index (χ0) is 13.0. The van der Waals surface area contributed by atoms with Crippen LogP contribution in [0.15, 0.2) is 24.3 Å². The Hall–Kier alpha value is -1.35. The van der Waals surface area contributed by atoms with Crippen molar-refractivity contribution in [1.82, 2.24) is 9.78 Å². The predicted molar refractivity (Wildman–Crippen MR) is 74.7 cm³/mol. The second kappa shape index (κ2) is 4.07. The molecule has 0 saturated heterocycles. The fourth-order valence-corrected chi connectivity index (χ4v) is 3.88. The Balaban J connectivity index is 1.57. The maximum atomic E-state index is 10.5. The third-order valence-electron chi connectivity index (χ3n) is 5.06. The Labute approximate surface area is 113 Å². The van der Waals surface area contributed by atoms with Crippen LogP contribution in [0.5, 0.6) is 0 Å². The monoisotopic (exact) mass is 256 g/mol. The second-order valence-corrected chi connectivity index (χ2v) is 6.35. The number of aryl methyl sites for hydroxylation is 1. The lowest BCUT2D eigenvalue weighted by Crippen LogP contribution is -2.22. The number of para-hydroxylation sites is 1. The molecule has 2 aromatic rings. The highest BCUT2D eigenvalue weighted by molar-refractivity contribution is 5.81. The van der Waals surface area contributed by atoms with E-state index in [0.717, 1.165) is 23.0 Å². The summed E-state index contributed by atoms with van der Waals surface area (Å²) in [7, 11) is 1.98. The number of fused-ring (bicyclic) bond motifs is 2. The number of aliphatic hydroxyl groups is 1. The molecule has 3 heteroatoms. The molecular weight excluding hydrogens is 236 g/mol. The first-order chi connectivity index (χ1) is 9.22. The van der Waals surface area contributed by atoms with Gasteiger partial charge in [0.15, 0.2) is 0 Å². The first kappa shape index (κ1) is 11.5. The average Bonchev–Trinajstić information content (AvgIpc) is 2.90. The number of nitrogens with zero attached hydrogens (tertiary/aromatic N) is 2. The van der Waals surface area contributed by atoms with Crippen molar-refractivity contribution in [3.8, 4) is 0 Å².